The molecule has 1 amide bonds. The fourth-order valence-corrected chi connectivity index (χ4v) is 3.53. The van der Waals surface area contributed by atoms with Gasteiger partial charge in [0, 0.05) is 11.1 Å². The Labute approximate surface area is 175 Å². The summed E-state index contributed by atoms with van der Waals surface area (Å²) < 4.78 is 1.28. The van der Waals surface area contributed by atoms with Crippen LogP contribution in [0.15, 0.2) is 83.7 Å². The number of aromatic nitrogens is 2. The predicted molar refractivity (Wildman–Crippen MR) is 120 cm³/mol. The van der Waals surface area contributed by atoms with Crippen LogP contribution in [0.2, 0.25) is 0 Å². The lowest BCUT2D eigenvalue weighted by Gasteiger charge is -2.23. The molecule has 30 heavy (non-hydrogen) atoms. The van der Waals surface area contributed by atoms with Gasteiger partial charge in [-0.2, -0.15) is 9.78 Å². The fraction of sp³-hybridized carbons (Fsp3) is 0.160. The number of benzene rings is 3. The highest BCUT2D eigenvalue weighted by molar-refractivity contribution is 6.11. The zero-order valence-electron chi connectivity index (χ0n) is 17.2. The number of carbonyl (C=O) groups is 1. The van der Waals surface area contributed by atoms with E-state index < -0.39 is 0 Å². The lowest BCUT2D eigenvalue weighted by molar-refractivity contribution is 0.102. The molecule has 4 aromatic rings. The molecule has 0 radical (unpaired) electrons. The number of hydrogen-bond donors (Lipinski definition) is 1. The van der Waals surface area contributed by atoms with E-state index >= 15 is 0 Å². The topological polar surface area (TPSA) is 64.0 Å². The largest absolute Gasteiger partial charge is 0.320 e. The van der Waals surface area contributed by atoms with Gasteiger partial charge in [-0.3, -0.25) is 9.59 Å². The normalized spacial score (nSPS) is 11.4. The Bertz CT molecular complexity index is 1290. The number of carbonyl (C=O) groups excluding carboxylic acids is 1. The SMILES string of the molecule is CC(C)(C)c1ccccc1NC(=O)c1nn(-c2ccccc2)c(=O)c2ccccc12. The van der Waals surface area contributed by atoms with Gasteiger partial charge in [-0.15, -0.1) is 0 Å². The van der Waals surface area contributed by atoms with Crippen molar-refractivity contribution in [3.05, 3.63) is 100 Å². The molecule has 0 aliphatic rings. The first-order valence-corrected chi connectivity index (χ1v) is 9.84. The quantitative estimate of drug-likeness (QED) is 0.533. The van der Waals surface area contributed by atoms with Crippen LogP contribution in [0.3, 0.4) is 0 Å². The van der Waals surface area contributed by atoms with Gasteiger partial charge in [-0.1, -0.05) is 75.4 Å². The van der Waals surface area contributed by atoms with Gasteiger partial charge < -0.3 is 5.32 Å². The van der Waals surface area contributed by atoms with Crippen LogP contribution < -0.4 is 10.9 Å². The number of nitrogens with one attached hydrogen (secondary N) is 1. The summed E-state index contributed by atoms with van der Waals surface area (Å²) in [6.45, 7) is 6.30. The molecule has 0 aliphatic carbocycles. The molecule has 4 rings (SSSR count). The Hall–Kier alpha value is -3.73. The van der Waals surface area contributed by atoms with Crippen molar-refractivity contribution in [2.45, 2.75) is 26.2 Å². The molecule has 1 N–H and O–H groups in total. The van der Waals surface area contributed by atoms with E-state index in [1.165, 1.54) is 4.68 Å². The molecule has 0 saturated carbocycles. The molecular weight excluding hydrogens is 374 g/mol. The molecule has 1 aromatic heterocycles. The molecular formula is C25H23N3O2. The summed E-state index contributed by atoms with van der Waals surface area (Å²) in [6, 6.07) is 23.9. The molecule has 0 aliphatic heterocycles. The van der Waals surface area contributed by atoms with Gasteiger partial charge in [0.25, 0.3) is 11.5 Å². The first-order chi connectivity index (χ1) is 14.4. The van der Waals surface area contributed by atoms with Crippen molar-refractivity contribution in [3.8, 4) is 5.69 Å². The van der Waals surface area contributed by atoms with E-state index in [0.717, 1.165) is 11.3 Å². The van der Waals surface area contributed by atoms with E-state index in [4.69, 9.17) is 0 Å². The van der Waals surface area contributed by atoms with Crippen molar-refractivity contribution >= 4 is 22.4 Å². The molecule has 0 unspecified atom stereocenters. The van der Waals surface area contributed by atoms with Crippen molar-refractivity contribution < 1.29 is 4.79 Å². The van der Waals surface area contributed by atoms with Crippen molar-refractivity contribution in [2.75, 3.05) is 5.32 Å². The minimum absolute atomic E-state index is 0.137. The Morgan fingerprint density at radius 3 is 2.13 bits per heavy atom. The number of fused-ring (bicyclic) bond motifs is 1. The van der Waals surface area contributed by atoms with E-state index in [9.17, 15) is 9.59 Å². The van der Waals surface area contributed by atoms with E-state index in [2.05, 4.69) is 31.2 Å². The van der Waals surface area contributed by atoms with Gasteiger partial charge in [0.15, 0.2) is 5.69 Å². The highest BCUT2D eigenvalue weighted by Gasteiger charge is 2.21. The highest BCUT2D eigenvalue weighted by atomic mass is 16.2. The van der Waals surface area contributed by atoms with Crippen molar-refractivity contribution in [3.63, 3.8) is 0 Å². The van der Waals surface area contributed by atoms with Gasteiger partial charge in [-0.05, 0) is 35.2 Å². The van der Waals surface area contributed by atoms with Gasteiger partial charge >= 0.3 is 0 Å². The number of anilines is 1. The average molecular weight is 397 g/mol. The van der Waals surface area contributed by atoms with Crippen LogP contribution in [-0.4, -0.2) is 15.7 Å². The van der Waals surface area contributed by atoms with Crippen LogP contribution in [0.4, 0.5) is 5.69 Å². The van der Waals surface area contributed by atoms with Crippen LogP contribution in [0.25, 0.3) is 16.5 Å². The first kappa shape index (κ1) is 19.6. The van der Waals surface area contributed by atoms with E-state index in [0.29, 0.717) is 16.5 Å². The second-order valence-corrected chi connectivity index (χ2v) is 8.20. The Morgan fingerprint density at radius 2 is 1.43 bits per heavy atom. The van der Waals surface area contributed by atoms with E-state index in [-0.39, 0.29) is 22.6 Å². The fourth-order valence-electron chi connectivity index (χ4n) is 3.53. The molecule has 5 heteroatoms. The standard InChI is InChI=1S/C25H23N3O2/c1-25(2,3)20-15-9-10-16-21(20)26-23(29)22-18-13-7-8-14-19(18)24(30)28(27-22)17-11-5-4-6-12-17/h4-16H,1-3H3,(H,26,29). The summed E-state index contributed by atoms with van der Waals surface area (Å²) in [6.07, 6.45) is 0. The van der Waals surface area contributed by atoms with Crippen LogP contribution in [0.5, 0.6) is 0 Å². The molecule has 1 heterocycles. The van der Waals surface area contributed by atoms with Crippen molar-refractivity contribution in [1.29, 1.82) is 0 Å². The molecule has 0 saturated heterocycles. The van der Waals surface area contributed by atoms with Crippen molar-refractivity contribution in [2.24, 2.45) is 0 Å². The summed E-state index contributed by atoms with van der Waals surface area (Å²) in [7, 11) is 0. The molecule has 0 spiro atoms. The van der Waals surface area contributed by atoms with Crippen LogP contribution in [0, 0.1) is 0 Å². The summed E-state index contributed by atoms with van der Waals surface area (Å²) in [5.41, 5.74) is 2.18. The summed E-state index contributed by atoms with van der Waals surface area (Å²) in [5, 5.41) is 8.44. The van der Waals surface area contributed by atoms with Gasteiger partial charge in [0.1, 0.15) is 0 Å². The van der Waals surface area contributed by atoms with E-state index in [1.54, 1.807) is 36.4 Å². The zero-order valence-corrected chi connectivity index (χ0v) is 17.2. The maximum absolute atomic E-state index is 13.3. The van der Waals surface area contributed by atoms with Crippen LogP contribution in [0.1, 0.15) is 36.8 Å². The smallest absolute Gasteiger partial charge is 0.279 e. The average Bonchev–Trinajstić information content (AvgIpc) is 2.74. The number of rotatable bonds is 3. The summed E-state index contributed by atoms with van der Waals surface area (Å²) in [5.74, 6) is -0.354. The minimum atomic E-state index is -0.354. The molecule has 0 atom stereocenters. The van der Waals surface area contributed by atoms with Crippen molar-refractivity contribution in [1.82, 2.24) is 9.78 Å². The maximum Gasteiger partial charge on any atom is 0.279 e. The van der Waals surface area contributed by atoms with Gasteiger partial charge in [0.2, 0.25) is 0 Å². The Balaban J connectivity index is 1.87. The monoisotopic (exact) mass is 397 g/mol. The molecule has 0 fully saturated rings. The molecule has 3 aromatic carbocycles. The second kappa shape index (κ2) is 7.59. The maximum atomic E-state index is 13.3. The number of nitrogens with zero attached hydrogens (tertiary/aromatic N) is 2. The third-order valence-electron chi connectivity index (χ3n) is 5.00. The lowest BCUT2D eigenvalue weighted by atomic mass is 9.86. The Morgan fingerprint density at radius 1 is 0.833 bits per heavy atom. The third kappa shape index (κ3) is 3.62. The zero-order chi connectivity index (χ0) is 21.3. The molecule has 0 bridgehead atoms. The Kier molecular flexibility index (Phi) is 4.96. The molecule has 5 nitrogen and oxygen atoms in total. The van der Waals surface area contributed by atoms with Gasteiger partial charge in [-0.25, -0.2) is 0 Å². The molecule has 150 valence electrons. The van der Waals surface area contributed by atoms with Gasteiger partial charge in [0.05, 0.1) is 11.1 Å². The second-order valence-electron chi connectivity index (χ2n) is 8.20. The lowest BCUT2D eigenvalue weighted by Crippen LogP contribution is -2.27. The minimum Gasteiger partial charge on any atom is -0.320 e. The van der Waals surface area contributed by atoms with Crippen LogP contribution in [-0.2, 0) is 5.41 Å². The summed E-state index contributed by atoms with van der Waals surface area (Å²) in [4.78, 5) is 26.3. The van der Waals surface area contributed by atoms with Crippen LogP contribution >= 0.6 is 0 Å². The first-order valence-electron chi connectivity index (χ1n) is 9.84. The number of para-hydroxylation sites is 2. The number of amides is 1. The predicted octanol–water partition coefficient (Wildman–Crippen LogP) is 4.94. The van der Waals surface area contributed by atoms with E-state index in [1.807, 2.05) is 42.5 Å². The number of hydrogen-bond acceptors (Lipinski definition) is 3. The summed E-state index contributed by atoms with van der Waals surface area (Å²) >= 11 is 0. The highest BCUT2D eigenvalue weighted by Crippen LogP contribution is 2.29. The third-order valence-corrected chi connectivity index (χ3v) is 5.00.